The zero-order chi connectivity index (χ0) is 30.6. The lowest BCUT2D eigenvalue weighted by atomic mass is 9.89. The van der Waals surface area contributed by atoms with Gasteiger partial charge in [0.25, 0.3) is 0 Å². The molecule has 1 saturated heterocycles. The number of hydrogen-bond acceptors (Lipinski definition) is 5. The third-order valence-electron chi connectivity index (χ3n) is 7.34. The number of nitrogens with zero attached hydrogens (tertiary/aromatic N) is 4. The minimum atomic E-state index is -4.96. The fourth-order valence-corrected chi connectivity index (χ4v) is 5.17. The lowest BCUT2D eigenvalue weighted by Crippen LogP contribution is -2.44. The molecule has 0 aliphatic carbocycles. The summed E-state index contributed by atoms with van der Waals surface area (Å²) in [6.45, 7) is 4.20. The van der Waals surface area contributed by atoms with E-state index >= 15 is 0 Å². The van der Waals surface area contributed by atoms with Gasteiger partial charge >= 0.3 is 18.2 Å². The van der Waals surface area contributed by atoms with Gasteiger partial charge < -0.3 is 20.1 Å². The highest BCUT2D eigenvalue weighted by Gasteiger charge is 2.41. The van der Waals surface area contributed by atoms with Crippen molar-refractivity contribution in [3.8, 4) is 22.8 Å². The molecule has 9 nitrogen and oxygen atoms in total. The smallest absolute Gasteiger partial charge is 0.434 e. The van der Waals surface area contributed by atoms with Crippen LogP contribution in [0.5, 0.6) is 5.75 Å². The zero-order valence-corrected chi connectivity index (χ0v) is 23.3. The number of alkyl halides is 3. The number of carboxylic acid groups (broad SMARTS) is 1. The number of halogens is 3. The summed E-state index contributed by atoms with van der Waals surface area (Å²) in [4.78, 5) is 29.7. The Morgan fingerprint density at radius 1 is 1.02 bits per heavy atom. The number of carbonyl (C=O) groups is 2. The molecule has 0 radical (unpaired) electrons. The third kappa shape index (κ3) is 6.63. The first kappa shape index (κ1) is 29.6. The van der Waals surface area contributed by atoms with Gasteiger partial charge in [0.05, 0.1) is 11.9 Å². The largest absolute Gasteiger partial charge is 0.488 e. The van der Waals surface area contributed by atoms with E-state index in [-0.39, 0.29) is 18.5 Å². The summed E-state index contributed by atoms with van der Waals surface area (Å²) >= 11 is 0. The maximum absolute atomic E-state index is 13.8. The van der Waals surface area contributed by atoms with E-state index < -0.39 is 23.4 Å². The Morgan fingerprint density at radius 2 is 1.74 bits per heavy atom. The first-order valence-corrected chi connectivity index (χ1v) is 13.9. The number of urea groups is 1. The molecule has 1 fully saturated rings. The number of amides is 2. The molecule has 1 aliphatic rings. The van der Waals surface area contributed by atoms with Crippen LogP contribution >= 0.6 is 0 Å². The number of carbonyl (C=O) groups excluding carboxylic acids is 1. The molecule has 2 amide bonds. The van der Waals surface area contributed by atoms with Crippen molar-refractivity contribution in [3.63, 3.8) is 0 Å². The highest BCUT2D eigenvalue weighted by atomic mass is 19.4. The molecule has 224 valence electrons. The second kappa shape index (κ2) is 12.6. The molecule has 2 N–H and O–H groups in total. The summed E-state index contributed by atoms with van der Waals surface area (Å²) < 4.78 is 47.9. The van der Waals surface area contributed by atoms with Gasteiger partial charge in [0.2, 0.25) is 0 Å². The standard InChI is InChI=1S/C31H30F3N5O4/c1-2-35-30(42)38-16-14-22(15-17-38)21-12-10-20(11-13-21)19-43-26-8-4-3-6-23(26)25-7-5-9-27(37-25)39-28(31(32,33)34)24(18-36-39)29(40)41/h3-13,18,22H,2,14-17,19H2,1H3,(H,35,42)(H,40,41). The monoisotopic (exact) mass is 593 g/mol. The number of nitrogens with one attached hydrogen (secondary N) is 1. The number of rotatable bonds is 8. The Balaban J connectivity index is 1.29. The van der Waals surface area contributed by atoms with Crippen molar-refractivity contribution >= 4 is 12.0 Å². The van der Waals surface area contributed by atoms with E-state index in [0.29, 0.717) is 53.4 Å². The molecular weight excluding hydrogens is 563 g/mol. The second-order valence-electron chi connectivity index (χ2n) is 10.1. The van der Waals surface area contributed by atoms with E-state index in [2.05, 4.69) is 27.5 Å². The van der Waals surface area contributed by atoms with Gasteiger partial charge in [0, 0.05) is 25.2 Å². The van der Waals surface area contributed by atoms with Crippen LogP contribution in [0.4, 0.5) is 18.0 Å². The molecule has 43 heavy (non-hydrogen) atoms. The third-order valence-corrected chi connectivity index (χ3v) is 7.34. The van der Waals surface area contributed by atoms with Gasteiger partial charge in [0.15, 0.2) is 11.5 Å². The maximum Gasteiger partial charge on any atom is 0.434 e. The molecule has 0 spiro atoms. The Morgan fingerprint density at radius 3 is 2.42 bits per heavy atom. The summed E-state index contributed by atoms with van der Waals surface area (Å²) in [5.74, 6) is -1.06. The zero-order valence-electron chi connectivity index (χ0n) is 23.3. The van der Waals surface area contributed by atoms with Crippen LogP contribution in [0, 0.1) is 0 Å². The van der Waals surface area contributed by atoms with Gasteiger partial charge in [-0.25, -0.2) is 19.3 Å². The molecule has 1 aliphatic heterocycles. The molecule has 2 aromatic carbocycles. The van der Waals surface area contributed by atoms with Crippen LogP contribution in [0.2, 0.25) is 0 Å². The quantitative estimate of drug-likeness (QED) is 0.254. The van der Waals surface area contributed by atoms with Crippen LogP contribution in [0.25, 0.3) is 17.1 Å². The van der Waals surface area contributed by atoms with Crippen LogP contribution in [-0.4, -0.2) is 56.4 Å². The van der Waals surface area contributed by atoms with Gasteiger partial charge in [-0.3, -0.25) is 0 Å². The number of pyridine rings is 1. The van der Waals surface area contributed by atoms with Crippen LogP contribution in [0.3, 0.4) is 0 Å². The lowest BCUT2D eigenvalue weighted by molar-refractivity contribution is -0.143. The van der Waals surface area contributed by atoms with Gasteiger partial charge in [0.1, 0.15) is 17.9 Å². The van der Waals surface area contributed by atoms with Crippen molar-refractivity contribution in [2.24, 2.45) is 0 Å². The van der Waals surface area contributed by atoms with Crippen LogP contribution < -0.4 is 10.1 Å². The molecule has 0 bridgehead atoms. The fourth-order valence-electron chi connectivity index (χ4n) is 5.17. The van der Waals surface area contributed by atoms with Crippen molar-refractivity contribution in [3.05, 3.63) is 95.3 Å². The van der Waals surface area contributed by atoms with Gasteiger partial charge in [-0.05, 0) is 61.1 Å². The summed E-state index contributed by atoms with van der Waals surface area (Å²) in [5.41, 5.74) is 0.669. The van der Waals surface area contributed by atoms with Crippen molar-refractivity contribution in [2.45, 2.75) is 38.5 Å². The SMILES string of the molecule is CCNC(=O)N1CCC(c2ccc(COc3ccccc3-c3cccc(-n4ncc(C(=O)O)c4C(F)(F)F)n3)cc2)CC1. The molecule has 3 heterocycles. The maximum atomic E-state index is 13.8. The fraction of sp³-hybridized carbons (Fsp3) is 0.290. The van der Waals surface area contributed by atoms with Gasteiger partial charge in [-0.15, -0.1) is 0 Å². The Bertz CT molecular complexity index is 1600. The van der Waals surface area contributed by atoms with Crippen molar-refractivity contribution < 1.29 is 32.6 Å². The number of piperidine rings is 1. The van der Waals surface area contributed by atoms with Crippen molar-refractivity contribution in [2.75, 3.05) is 19.6 Å². The summed E-state index contributed by atoms with van der Waals surface area (Å²) in [6.07, 6.45) is -2.50. The number of hydrogen-bond donors (Lipinski definition) is 2. The Kier molecular flexibility index (Phi) is 8.65. The predicted molar refractivity (Wildman–Crippen MR) is 152 cm³/mol. The van der Waals surface area contributed by atoms with E-state index in [1.165, 1.54) is 17.7 Å². The van der Waals surface area contributed by atoms with Crippen molar-refractivity contribution in [1.29, 1.82) is 0 Å². The van der Waals surface area contributed by atoms with E-state index in [4.69, 9.17) is 4.74 Å². The van der Waals surface area contributed by atoms with E-state index in [1.54, 1.807) is 30.3 Å². The van der Waals surface area contributed by atoms with E-state index in [1.807, 2.05) is 24.0 Å². The van der Waals surface area contributed by atoms with Crippen LogP contribution in [-0.2, 0) is 12.8 Å². The molecule has 4 aromatic rings. The lowest BCUT2D eigenvalue weighted by Gasteiger charge is -2.32. The first-order chi connectivity index (χ1) is 20.7. The van der Waals surface area contributed by atoms with Crippen molar-refractivity contribution in [1.82, 2.24) is 25.0 Å². The van der Waals surface area contributed by atoms with Crippen LogP contribution in [0.1, 0.15) is 52.9 Å². The van der Waals surface area contributed by atoms with E-state index in [0.717, 1.165) is 18.4 Å². The molecule has 0 unspecified atom stereocenters. The number of aromatic nitrogens is 3. The summed E-state index contributed by atoms with van der Waals surface area (Å²) in [7, 11) is 0. The van der Waals surface area contributed by atoms with Crippen LogP contribution in [0.15, 0.2) is 72.9 Å². The normalized spacial score (nSPS) is 14.0. The number of likely N-dealkylation sites (tertiary alicyclic amines) is 1. The molecular formula is C31H30F3N5O4. The summed E-state index contributed by atoms with van der Waals surface area (Å²) in [5, 5.41) is 15.7. The highest BCUT2D eigenvalue weighted by Crippen LogP contribution is 2.35. The minimum absolute atomic E-state index is 0.0181. The number of benzene rings is 2. The second-order valence-corrected chi connectivity index (χ2v) is 10.1. The predicted octanol–water partition coefficient (Wildman–Crippen LogP) is 6.14. The molecule has 0 atom stereocenters. The van der Waals surface area contributed by atoms with E-state index in [9.17, 15) is 27.9 Å². The Labute approximate surface area is 245 Å². The van der Waals surface area contributed by atoms with Gasteiger partial charge in [-0.1, -0.05) is 42.5 Å². The number of carboxylic acids is 1. The summed E-state index contributed by atoms with van der Waals surface area (Å²) in [6, 6.07) is 19.7. The topological polar surface area (TPSA) is 110 Å². The number of aromatic carboxylic acids is 1. The van der Waals surface area contributed by atoms with Gasteiger partial charge in [-0.2, -0.15) is 18.3 Å². The molecule has 12 heteroatoms. The average molecular weight is 594 g/mol. The highest BCUT2D eigenvalue weighted by molar-refractivity contribution is 5.89. The molecule has 2 aromatic heterocycles. The first-order valence-electron chi connectivity index (χ1n) is 13.9. The Hall–Kier alpha value is -4.87. The molecule has 5 rings (SSSR count). The minimum Gasteiger partial charge on any atom is -0.488 e. The molecule has 0 saturated carbocycles. The average Bonchev–Trinajstić information content (AvgIpc) is 3.48. The number of ether oxygens (including phenoxy) is 1. The number of para-hydroxylation sites is 1.